The number of hydrogen-bond donors (Lipinski definition) is 1. The zero-order valence-electron chi connectivity index (χ0n) is 11.0. The van der Waals surface area contributed by atoms with Gasteiger partial charge in [-0.3, -0.25) is 9.78 Å². The van der Waals surface area contributed by atoms with Gasteiger partial charge in [0.2, 0.25) is 0 Å². The molecule has 0 atom stereocenters. The summed E-state index contributed by atoms with van der Waals surface area (Å²) in [5, 5.41) is 0. The first-order chi connectivity index (χ1) is 9.75. The first-order valence-electron chi connectivity index (χ1n) is 6.45. The van der Waals surface area contributed by atoms with Crippen molar-refractivity contribution in [2.24, 2.45) is 0 Å². The van der Waals surface area contributed by atoms with Gasteiger partial charge in [-0.2, -0.15) is 0 Å². The van der Waals surface area contributed by atoms with Crippen LogP contribution in [0.4, 0.5) is 5.69 Å². The van der Waals surface area contributed by atoms with E-state index >= 15 is 0 Å². The second-order valence-electron chi connectivity index (χ2n) is 4.65. The molecule has 2 N–H and O–H groups in total. The summed E-state index contributed by atoms with van der Waals surface area (Å²) in [6.07, 6.45) is 3.07. The summed E-state index contributed by atoms with van der Waals surface area (Å²) in [7, 11) is 0. The molecule has 5 heteroatoms. The summed E-state index contributed by atoms with van der Waals surface area (Å²) in [6, 6.07) is 9.41. The van der Waals surface area contributed by atoms with Crippen LogP contribution in [0.15, 0.2) is 42.7 Å². The number of nitrogens with two attached hydrogens (primary N) is 1. The molecule has 1 amide bonds. The molecule has 0 saturated heterocycles. The third-order valence-corrected chi connectivity index (χ3v) is 3.32. The summed E-state index contributed by atoms with van der Waals surface area (Å²) in [5.74, 6) is 0.746. The maximum atomic E-state index is 12.5. The molecule has 2 heterocycles. The Morgan fingerprint density at radius 2 is 2.15 bits per heavy atom. The number of benzene rings is 1. The Bertz CT molecular complexity index is 643. The van der Waals surface area contributed by atoms with E-state index in [0.717, 1.165) is 11.3 Å². The van der Waals surface area contributed by atoms with E-state index in [0.29, 0.717) is 30.9 Å². The quantitative estimate of drug-likeness (QED) is 0.855. The van der Waals surface area contributed by atoms with Crippen molar-refractivity contribution < 1.29 is 9.53 Å². The number of fused-ring (bicyclic) bond motifs is 1. The van der Waals surface area contributed by atoms with Gasteiger partial charge < -0.3 is 15.4 Å². The summed E-state index contributed by atoms with van der Waals surface area (Å²) < 4.78 is 5.66. The van der Waals surface area contributed by atoms with E-state index in [-0.39, 0.29) is 5.91 Å². The fraction of sp³-hybridized carbons (Fsp3) is 0.200. The third kappa shape index (κ3) is 2.30. The average molecular weight is 269 g/mol. The van der Waals surface area contributed by atoms with E-state index in [9.17, 15) is 4.79 Å². The van der Waals surface area contributed by atoms with Gasteiger partial charge in [-0.15, -0.1) is 0 Å². The lowest BCUT2D eigenvalue weighted by Gasteiger charge is -2.20. The number of pyridine rings is 1. The molecule has 102 valence electrons. The predicted molar refractivity (Wildman–Crippen MR) is 75.3 cm³/mol. The summed E-state index contributed by atoms with van der Waals surface area (Å²) in [5.41, 5.74) is 7.71. The lowest BCUT2D eigenvalue weighted by Crippen LogP contribution is -2.33. The van der Waals surface area contributed by atoms with Crippen molar-refractivity contribution in [3.05, 3.63) is 53.9 Å². The van der Waals surface area contributed by atoms with E-state index in [1.165, 1.54) is 6.20 Å². The van der Waals surface area contributed by atoms with E-state index in [2.05, 4.69) is 4.98 Å². The van der Waals surface area contributed by atoms with Gasteiger partial charge in [-0.05, 0) is 12.1 Å². The molecule has 1 aliphatic rings. The van der Waals surface area contributed by atoms with Gasteiger partial charge in [-0.25, -0.2) is 0 Å². The highest BCUT2D eigenvalue weighted by Gasteiger charge is 2.22. The molecular weight excluding hydrogens is 254 g/mol. The minimum Gasteiger partial charge on any atom is -0.491 e. The van der Waals surface area contributed by atoms with Crippen LogP contribution < -0.4 is 10.5 Å². The maximum Gasteiger partial charge on any atom is 0.256 e. The van der Waals surface area contributed by atoms with E-state index in [1.54, 1.807) is 17.2 Å². The standard InChI is InChI=1S/C15H15N3O2/c16-13-9-17-6-5-12(13)15(19)18-7-8-20-14-4-2-1-3-11(14)10-18/h1-6,9H,7-8,10,16H2. The van der Waals surface area contributed by atoms with Gasteiger partial charge in [-0.1, -0.05) is 18.2 Å². The molecule has 0 spiro atoms. The number of rotatable bonds is 1. The predicted octanol–water partition coefficient (Wildman–Crippen LogP) is 1.70. The molecule has 0 radical (unpaired) electrons. The van der Waals surface area contributed by atoms with Crippen LogP contribution in [0.3, 0.4) is 0 Å². The Hall–Kier alpha value is -2.56. The van der Waals surface area contributed by atoms with Crippen molar-refractivity contribution in [1.82, 2.24) is 9.88 Å². The monoisotopic (exact) mass is 269 g/mol. The number of carbonyl (C=O) groups is 1. The van der Waals surface area contributed by atoms with Gasteiger partial charge in [0.1, 0.15) is 12.4 Å². The van der Waals surface area contributed by atoms with Crippen LogP contribution in [0.1, 0.15) is 15.9 Å². The molecule has 0 fully saturated rings. The van der Waals surface area contributed by atoms with E-state index in [1.807, 2.05) is 24.3 Å². The number of anilines is 1. The van der Waals surface area contributed by atoms with Crippen molar-refractivity contribution in [3.63, 3.8) is 0 Å². The van der Waals surface area contributed by atoms with Crippen molar-refractivity contribution in [3.8, 4) is 5.75 Å². The summed E-state index contributed by atoms with van der Waals surface area (Å²) in [6.45, 7) is 1.54. The van der Waals surface area contributed by atoms with Crippen molar-refractivity contribution in [1.29, 1.82) is 0 Å². The van der Waals surface area contributed by atoms with Gasteiger partial charge in [0.25, 0.3) is 5.91 Å². The first kappa shape index (κ1) is 12.5. The fourth-order valence-corrected chi connectivity index (χ4v) is 2.27. The van der Waals surface area contributed by atoms with E-state index in [4.69, 9.17) is 10.5 Å². The number of nitrogens with zero attached hydrogens (tertiary/aromatic N) is 2. The zero-order valence-corrected chi connectivity index (χ0v) is 11.0. The number of nitrogen functional groups attached to an aromatic ring is 1. The Balaban J connectivity index is 1.88. The van der Waals surface area contributed by atoms with Crippen molar-refractivity contribution >= 4 is 11.6 Å². The van der Waals surface area contributed by atoms with Crippen LogP contribution in [0, 0.1) is 0 Å². The molecule has 1 aromatic carbocycles. The number of amides is 1. The van der Waals surface area contributed by atoms with Gasteiger partial charge in [0.05, 0.1) is 24.0 Å². The first-order valence-corrected chi connectivity index (χ1v) is 6.45. The second-order valence-corrected chi connectivity index (χ2v) is 4.65. The highest BCUT2D eigenvalue weighted by Crippen LogP contribution is 2.24. The third-order valence-electron chi connectivity index (χ3n) is 3.32. The summed E-state index contributed by atoms with van der Waals surface area (Å²) >= 11 is 0. The lowest BCUT2D eigenvalue weighted by molar-refractivity contribution is 0.0734. The number of carbonyl (C=O) groups excluding carboxylic acids is 1. The highest BCUT2D eigenvalue weighted by molar-refractivity contribution is 5.98. The van der Waals surface area contributed by atoms with Crippen LogP contribution >= 0.6 is 0 Å². The molecule has 20 heavy (non-hydrogen) atoms. The highest BCUT2D eigenvalue weighted by atomic mass is 16.5. The minimum atomic E-state index is -0.0924. The largest absolute Gasteiger partial charge is 0.491 e. The Kier molecular flexibility index (Phi) is 3.25. The van der Waals surface area contributed by atoms with Gasteiger partial charge in [0, 0.05) is 18.3 Å². The normalized spacial score (nSPS) is 14.1. The Morgan fingerprint density at radius 1 is 1.30 bits per heavy atom. The molecule has 3 rings (SSSR count). The molecule has 0 bridgehead atoms. The molecule has 2 aromatic rings. The van der Waals surface area contributed by atoms with Gasteiger partial charge in [0.15, 0.2) is 0 Å². The minimum absolute atomic E-state index is 0.0924. The Labute approximate surface area is 117 Å². The van der Waals surface area contributed by atoms with E-state index < -0.39 is 0 Å². The van der Waals surface area contributed by atoms with Crippen LogP contribution in [0.2, 0.25) is 0 Å². The number of ether oxygens (including phenoxy) is 1. The molecule has 0 aliphatic carbocycles. The van der Waals surface area contributed by atoms with Gasteiger partial charge >= 0.3 is 0 Å². The second kappa shape index (κ2) is 5.21. The molecule has 1 aliphatic heterocycles. The maximum absolute atomic E-state index is 12.5. The molecule has 5 nitrogen and oxygen atoms in total. The van der Waals surface area contributed by atoms with Crippen LogP contribution in [0.25, 0.3) is 0 Å². The topological polar surface area (TPSA) is 68.5 Å². The van der Waals surface area contributed by atoms with Crippen LogP contribution in [-0.4, -0.2) is 28.9 Å². The van der Waals surface area contributed by atoms with Crippen LogP contribution in [0.5, 0.6) is 5.75 Å². The van der Waals surface area contributed by atoms with Crippen molar-refractivity contribution in [2.45, 2.75) is 6.54 Å². The van der Waals surface area contributed by atoms with Crippen LogP contribution in [-0.2, 0) is 6.54 Å². The number of para-hydroxylation sites is 1. The average Bonchev–Trinajstić information content (AvgIpc) is 2.69. The molecular formula is C15H15N3O2. The number of hydrogen-bond acceptors (Lipinski definition) is 4. The SMILES string of the molecule is Nc1cnccc1C(=O)N1CCOc2ccccc2C1. The fourth-order valence-electron chi connectivity index (χ4n) is 2.27. The molecule has 0 saturated carbocycles. The zero-order chi connectivity index (χ0) is 13.9. The lowest BCUT2D eigenvalue weighted by atomic mass is 10.1. The molecule has 0 unspecified atom stereocenters. The Morgan fingerprint density at radius 3 is 3.00 bits per heavy atom. The molecule has 1 aromatic heterocycles. The smallest absolute Gasteiger partial charge is 0.256 e. The van der Waals surface area contributed by atoms with Crippen molar-refractivity contribution in [2.75, 3.05) is 18.9 Å². The number of aromatic nitrogens is 1. The summed E-state index contributed by atoms with van der Waals surface area (Å²) in [4.78, 5) is 18.2.